The van der Waals surface area contributed by atoms with E-state index in [0.29, 0.717) is 17.5 Å². The van der Waals surface area contributed by atoms with Crippen LogP contribution in [0, 0.1) is 5.41 Å². The van der Waals surface area contributed by atoms with Gasteiger partial charge in [0.25, 0.3) is 0 Å². The predicted molar refractivity (Wildman–Crippen MR) is 60.3 cm³/mol. The molecule has 2 N–H and O–H groups in total. The van der Waals surface area contributed by atoms with Gasteiger partial charge in [0.05, 0.1) is 6.61 Å². The monoisotopic (exact) mass is 199 g/mol. The zero-order chi connectivity index (χ0) is 10.6. The second-order valence-corrected chi connectivity index (χ2v) is 5.41. The lowest BCUT2D eigenvalue weighted by molar-refractivity contribution is 0.164. The molecular weight excluding hydrogens is 174 g/mol. The fourth-order valence-corrected chi connectivity index (χ4v) is 2.47. The minimum absolute atomic E-state index is 0.271. The van der Waals surface area contributed by atoms with Gasteiger partial charge in [0.2, 0.25) is 0 Å². The third kappa shape index (κ3) is 3.58. The van der Waals surface area contributed by atoms with Crippen molar-refractivity contribution < 1.29 is 5.11 Å². The lowest BCUT2D eigenvalue weighted by Crippen LogP contribution is -2.44. The van der Waals surface area contributed by atoms with Crippen LogP contribution in [0.4, 0.5) is 0 Å². The van der Waals surface area contributed by atoms with Gasteiger partial charge in [-0.15, -0.1) is 0 Å². The van der Waals surface area contributed by atoms with E-state index in [1.54, 1.807) is 0 Å². The van der Waals surface area contributed by atoms with Gasteiger partial charge < -0.3 is 10.4 Å². The fourth-order valence-electron chi connectivity index (χ4n) is 2.47. The summed E-state index contributed by atoms with van der Waals surface area (Å²) in [4.78, 5) is 0. The van der Waals surface area contributed by atoms with E-state index >= 15 is 0 Å². The molecule has 1 rings (SSSR count). The van der Waals surface area contributed by atoms with Crippen molar-refractivity contribution in [1.29, 1.82) is 0 Å². The van der Waals surface area contributed by atoms with Crippen molar-refractivity contribution in [3.8, 4) is 0 Å². The first-order valence-electron chi connectivity index (χ1n) is 5.94. The summed E-state index contributed by atoms with van der Waals surface area (Å²) in [5.41, 5.74) is 0.490. The Bertz CT molecular complexity index is 164. The summed E-state index contributed by atoms with van der Waals surface area (Å²) < 4.78 is 0. The van der Waals surface area contributed by atoms with Crippen LogP contribution in [-0.4, -0.2) is 23.8 Å². The van der Waals surface area contributed by atoms with Gasteiger partial charge in [0.15, 0.2) is 0 Å². The first-order chi connectivity index (χ1) is 6.57. The zero-order valence-electron chi connectivity index (χ0n) is 9.84. The van der Waals surface area contributed by atoms with Crippen molar-refractivity contribution in [1.82, 2.24) is 5.32 Å². The highest BCUT2D eigenvalue weighted by Crippen LogP contribution is 2.35. The molecule has 0 bridgehead atoms. The number of hydrogen-bond acceptors (Lipinski definition) is 2. The Hall–Kier alpha value is -0.0800. The minimum atomic E-state index is 0.271. The molecular formula is C12H25NO. The molecule has 0 aromatic rings. The maximum atomic E-state index is 9.12. The van der Waals surface area contributed by atoms with E-state index < -0.39 is 0 Å². The van der Waals surface area contributed by atoms with Gasteiger partial charge in [0, 0.05) is 12.1 Å². The first-order valence-corrected chi connectivity index (χ1v) is 5.94. The highest BCUT2D eigenvalue weighted by molar-refractivity contribution is 4.85. The molecule has 1 aliphatic carbocycles. The van der Waals surface area contributed by atoms with E-state index in [2.05, 4.69) is 26.1 Å². The molecule has 14 heavy (non-hydrogen) atoms. The van der Waals surface area contributed by atoms with Crippen LogP contribution in [-0.2, 0) is 0 Å². The quantitative estimate of drug-likeness (QED) is 0.728. The molecule has 0 unspecified atom stereocenters. The zero-order valence-corrected chi connectivity index (χ0v) is 9.84. The van der Waals surface area contributed by atoms with Crippen molar-refractivity contribution >= 4 is 0 Å². The van der Waals surface area contributed by atoms with Crippen LogP contribution < -0.4 is 5.32 Å². The Morgan fingerprint density at radius 1 is 1.50 bits per heavy atom. The normalized spacial score (nSPS) is 28.7. The second kappa shape index (κ2) is 5.13. The van der Waals surface area contributed by atoms with Gasteiger partial charge in [-0.25, -0.2) is 0 Å². The number of aliphatic hydroxyl groups is 1. The molecule has 1 aliphatic rings. The topological polar surface area (TPSA) is 32.3 Å². The second-order valence-electron chi connectivity index (χ2n) is 5.41. The Labute approximate surface area is 88.1 Å². The number of hydrogen-bond donors (Lipinski definition) is 2. The van der Waals surface area contributed by atoms with Gasteiger partial charge in [0.1, 0.15) is 0 Å². The van der Waals surface area contributed by atoms with E-state index in [0.717, 1.165) is 6.42 Å². The van der Waals surface area contributed by atoms with E-state index in [1.807, 2.05) is 0 Å². The lowest BCUT2D eigenvalue weighted by atomic mass is 9.75. The van der Waals surface area contributed by atoms with Gasteiger partial charge in [-0.2, -0.15) is 0 Å². The Balaban J connectivity index is 2.37. The molecule has 0 radical (unpaired) electrons. The first kappa shape index (κ1) is 12.0. The molecule has 1 fully saturated rings. The summed E-state index contributed by atoms with van der Waals surface area (Å²) in [6, 6.07) is 0.921. The van der Waals surface area contributed by atoms with Gasteiger partial charge in [-0.3, -0.25) is 0 Å². The summed E-state index contributed by atoms with van der Waals surface area (Å²) in [5.74, 6) is 0. The SMILES string of the molecule is CC[C@H](CO)N[C@@H]1CCCC(C)(C)C1. The predicted octanol–water partition coefficient (Wildman–Crippen LogP) is 2.32. The van der Waals surface area contributed by atoms with Crippen LogP contribution in [0.1, 0.15) is 52.9 Å². The molecule has 2 nitrogen and oxygen atoms in total. The third-order valence-corrected chi connectivity index (χ3v) is 3.39. The van der Waals surface area contributed by atoms with E-state index in [1.165, 1.54) is 25.7 Å². The van der Waals surface area contributed by atoms with Crippen LogP contribution >= 0.6 is 0 Å². The molecule has 0 saturated heterocycles. The average Bonchev–Trinajstić information content (AvgIpc) is 2.12. The summed E-state index contributed by atoms with van der Waals surface area (Å²) in [7, 11) is 0. The van der Waals surface area contributed by atoms with Gasteiger partial charge in [-0.05, 0) is 31.1 Å². The van der Waals surface area contributed by atoms with Crippen LogP contribution in [0.15, 0.2) is 0 Å². The van der Waals surface area contributed by atoms with E-state index in [9.17, 15) is 0 Å². The highest BCUT2D eigenvalue weighted by atomic mass is 16.3. The largest absolute Gasteiger partial charge is 0.395 e. The molecule has 0 spiro atoms. The third-order valence-electron chi connectivity index (χ3n) is 3.39. The molecule has 0 aromatic carbocycles. The number of aliphatic hydroxyl groups excluding tert-OH is 1. The van der Waals surface area contributed by atoms with Gasteiger partial charge >= 0.3 is 0 Å². The fraction of sp³-hybridized carbons (Fsp3) is 1.00. The smallest absolute Gasteiger partial charge is 0.0584 e. The molecule has 0 aromatic heterocycles. The van der Waals surface area contributed by atoms with Crippen LogP contribution in [0.2, 0.25) is 0 Å². The molecule has 0 aliphatic heterocycles. The van der Waals surface area contributed by atoms with Crippen molar-refractivity contribution in [3.05, 3.63) is 0 Å². The Morgan fingerprint density at radius 2 is 2.21 bits per heavy atom. The average molecular weight is 199 g/mol. The Kier molecular flexibility index (Phi) is 4.39. The van der Waals surface area contributed by atoms with Gasteiger partial charge in [-0.1, -0.05) is 27.2 Å². The summed E-state index contributed by atoms with van der Waals surface area (Å²) in [6.07, 6.45) is 6.23. The molecule has 2 atom stereocenters. The van der Waals surface area contributed by atoms with E-state index in [-0.39, 0.29) is 6.61 Å². The minimum Gasteiger partial charge on any atom is -0.395 e. The molecule has 0 amide bonds. The molecule has 0 heterocycles. The van der Waals surface area contributed by atoms with Crippen LogP contribution in [0.3, 0.4) is 0 Å². The lowest BCUT2D eigenvalue weighted by Gasteiger charge is -2.37. The van der Waals surface area contributed by atoms with Crippen molar-refractivity contribution in [3.63, 3.8) is 0 Å². The summed E-state index contributed by atoms with van der Waals surface area (Å²) >= 11 is 0. The van der Waals surface area contributed by atoms with Crippen LogP contribution in [0.5, 0.6) is 0 Å². The van der Waals surface area contributed by atoms with Crippen molar-refractivity contribution in [2.45, 2.75) is 65.0 Å². The molecule has 84 valence electrons. The highest BCUT2D eigenvalue weighted by Gasteiger charge is 2.28. The van der Waals surface area contributed by atoms with E-state index in [4.69, 9.17) is 5.11 Å². The van der Waals surface area contributed by atoms with Crippen molar-refractivity contribution in [2.24, 2.45) is 5.41 Å². The number of rotatable bonds is 4. The van der Waals surface area contributed by atoms with Crippen LogP contribution in [0.25, 0.3) is 0 Å². The molecule has 1 saturated carbocycles. The molecule has 2 heteroatoms. The maximum Gasteiger partial charge on any atom is 0.0584 e. The van der Waals surface area contributed by atoms with Crippen molar-refractivity contribution in [2.75, 3.05) is 6.61 Å². The number of nitrogens with one attached hydrogen (secondary N) is 1. The Morgan fingerprint density at radius 3 is 2.71 bits per heavy atom. The summed E-state index contributed by atoms with van der Waals surface area (Å²) in [5, 5.41) is 12.7. The summed E-state index contributed by atoms with van der Waals surface area (Å²) in [6.45, 7) is 7.09. The standard InChI is InChI=1S/C12H25NO/c1-4-10(9-14)13-11-6-5-7-12(2,3)8-11/h10-11,13-14H,4-9H2,1-3H3/t10-,11-/m1/s1. The maximum absolute atomic E-state index is 9.12.